The molecule has 0 radical (unpaired) electrons. The molecule has 0 amide bonds. The lowest BCUT2D eigenvalue weighted by atomic mass is 9.65. The van der Waals surface area contributed by atoms with Crippen LogP contribution in [0.15, 0.2) is 23.8 Å². The number of hydrogen-bond acceptors (Lipinski definition) is 6. The van der Waals surface area contributed by atoms with E-state index in [1.807, 2.05) is 34.6 Å². The summed E-state index contributed by atoms with van der Waals surface area (Å²) in [7, 11) is 0. The van der Waals surface area contributed by atoms with Crippen LogP contribution in [0.1, 0.15) is 87.0 Å². The summed E-state index contributed by atoms with van der Waals surface area (Å²) >= 11 is 0. The van der Waals surface area contributed by atoms with Crippen LogP contribution in [0.2, 0.25) is 0 Å². The lowest BCUT2D eigenvalue weighted by molar-refractivity contribution is -0.174. The highest BCUT2D eigenvalue weighted by atomic mass is 16.6. The maximum atomic E-state index is 12.7. The zero-order valence-electron chi connectivity index (χ0n) is 22.5. The Labute approximate surface area is 210 Å². The number of carbonyl (C=O) groups is 3. The molecule has 0 aromatic heterocycles. The van der Waals surface area contributed by atoms with E-state index in [0.29, 0.717) is 24.7 Å². The lowest BCUT2D eigenvalue weighted by Crippen LogP contribution is -2.42. The fourth-order valence-electron chi connectivity index (χ4n) is 5.47. The van der Waals surface area contributed by atoms with Crippen LogP contribution in [0.3, 0.4) is 0 Å². The Hall–Kier alpha value is -2.11. The zero-order valence-corrected chi connectivity index (χ0v) is 22.5. The van der Waals surface area contributed by atoms with Crippen molar-refractivity contribution in [1.82, 2.24) is 0 Å². The van der Waals surface area contributed by atoms with Crippen molar-refractivity contribution < 1.29 is 28.6 Å². The van der Waals surface area contributed by atoms with Crippen molar-refractivity contribution in [3.63, 3.8) is 0 Å². The van der Waals surface area contributed by atoms with E-state index in [9.17, 15) is 14.4 Å². The molecule has 3 rings (SSSR count). The third-order valence-corrected chi connectivity index (χ3v) is 7.80. The van der Waals surface area contributed by atoms with Gasteiger partial charge in [-0.2, -0.15) is 0 Å². The smallest absolute Gasteiger partial charge is 0.311 e. The summed E-state index contributed by atoms with van der Waals surface area (Å²) in [6.07, 6.45) is 9.69. The van der Waals surface area contributed by atoms with Gasteiger partial charge in [0, 0.05) is 12.3 Å². The molecule has 1 aliphatic heterocycles. The second kappa shape index (κ2) is 11.3. The van der Waals surface area contributed by atoms with Crippen molar-refractivity contribution in [3.05, 3.63) is 23.8 Å². The van der Waals surface area contributed by atoms with E-state index in [1.54, 1.807) is 0 Å². The van der Waals surface area contributed by atoms with Crippen LogP contribution in [0, 0.1) is 35.0 Å². The number of esters is 3. The molecular weight excluding hydrogens is 444 g/mol. The minimum atomic E-state index is -0.608. The van der Waals surface area contributed by atoms with Gasteiger partial charge >= 0.3 is 17.9 Å². The summed E-state index contributed by atoms with van der Waals surface area (Å²) in [6.45, 7) is 13.8. The molecule has 1 fully saturated rings. The first-order valence-corrected chi connectivity index (χ1v) is 13.4. The molecular formula is C29H44O6. The van der Waals surface area contributed by atoms with Gasteiger partial charge in [0.2, 0.25) is 0 Å². The minimum absolute atomic E-state index is 0.107. The molecule has 0 bridgehead atoms. The number of rotatable bonds is 7. The van der Waals surface area contributed by atoms with Crippen LogP contribution in [0.4, 0.5) is 0 Å². The molecule has 8 atom stereocenters. The van der Waals surface area contributed by atoms with Crippen molar-refractivity contribution in [2.45, 2.75) is 105 Å². The summed E-state index contributed by atoms with van der Waals surface area (Å²) in [4.78, 5) is 37.3. The van der Waals surface area contributed by atoms with Gasteiger partial charge in [-0.05, 0) is 69.8 Å². The Morgan fingerprint density at radius 3 is 2.51 bits per heavy atom. The lowest BCUT2D eigenvalue weighted by Gasteiger charge is -2.43. The van der Waals surface area contributed by atoms with E-state index in [0.717, 1.165) is 19.3 Å². The van der Waals surface area contributed by atoms with Crippen molar-refractivity contribution in [2.75, 3.05) is 0 Å². The second-order valence-corrected chi connectivity index (χ2v) is 12.0. The first-order valence-electron chi connectivity index (χ1n) is 13.4. The largest absolute Gasteiger partial charge is 0.462 e. The third kappa shape index (κ3) is 6.98. The van der Waals surface area contributed by atoms with Crippen molar-refractivity contribution in [2.24, 2.45) is 35.0 Å². The third-order valence-electron chi connectivity index (χ3n) is 7.80. The molecule has 1 saturated heterocycles. The van der Waals surface area contributed by atoms with E-state index in [4.69, 9.17) is 14.2 Å². The number of ether oxygens (including phenoxy) is 3. The van der Waals surface area contributed by atoms with E-state index >= 15 is 0 Å². The Bertz CT molecular complexity index is 850. The Kier molecular flexibility index (Phi) is 8.87. The van der Waals surface area contributed by atoms with Gasteiger partial charge in [0.1, 0.15) is 18.3 Å². The molecule has 6 nitrogen and oxygen atoms in total. The fraction of sp³-hybridized carbons (Fsp3) is 0.759. The number of carbonyl (C=O) groups excluding carboxylic acids is 3. The highest BCUT2D eigenvalue weighted by molar-refractivity contribution is 5.77. The molecule has 0 aromatic rings. The summed E-state index contributed by atoms with van der Waals surface area (Å²) in [5, 5.41) is 0. The maximum Gasteiger partial charge on any atom is 0.311 e. The molecule has 0 N–H and O–H groups in total. The monoisotopic (exact) mass is 488 g/mol. The molecule has 0 unspecified atom stereocenters. The van der Waals surface area contributed by atoms with Crippen LogP contribution < -0.4 is 0 Å². The van der Waals surface area contributed by atoms with E-state index in [2.05, 4.69) is 32.1 Å². The molecule has 6 heteroatoms. The number of cyclic esters (lactones) is 1. The van der Waals surface area contributed by atoms with Crippen molar-refractivity contribution >= 4 is 17.9 Å². The summed E-state index contributed by atoms with van der Waals surface area (Å²) < 4.78 is 17.4. The standard InChI is InChI=1S/C29H44O6/c1-8-18(3)27(31)35-24-14-17(2)13-20-10-9-19(4)23(26(20)24)12-11-21-15-22(16-25(30)33-21)34-28(32)29(5,6)7/h9-10,13,17-19,21-24,26H,8,11-12,14-16H2,1-7H3/t17-,18-,19-,21+,22+,23-,24-,26-/m0/s1. The SMILES string of the molecule is CC[C@H](C)C(=O)O[C@H]1C[C@@H](C)C=C2C=C[C@H](C)[C@H](CC[C@@H]3C[C@@H](OC(=O)C(C)(C)C)CC(=O)O3)[C@H]21. The number of allylic oxidation sites excluding steroid dienone is 3. The average Bonchev–Trinajstić information content (AvgIpc) is 2.76. The maximum absolute atomic E-state index is 12.7. The van der Waals surface area contributed by atoms with Gasteiger partial charge in [0.05, 0.1) is 17.8 Å². The van der Waals surface area contributed by atoms with Gasteiger partial charge in [-0.25, -0.2) is 0 Å². The molecule has 3 aliphatic rings. The number of hydrogen-bond donors (Lipinski definition) is 0. The second-order valence-electron chi connectivity index (χ2n) is 12.0. The fourth-order valence-corrected chi connectivity index (χ4v) is 5.47. The van der Waals surface area contributed by atoms with Crippen LogP contribution in [0.5, 0.6) is 0 Å². The molecule has 0 aromatic carbocycles. The molecule has 0 spiro atoms. The Morgan fingerprint density at radius 1 is 1.14 bits per heavy atom. The van der Waals surface area contributed by atoms with Gasteiger partial charge in [0.25, 0.3) is 0 Å². The quantitative estimate of drug-likeness (QED) is 0.333. The molecule has 196 valence electrons. The number of fused-ring (bicyclic) bond motifs is 1. The topological polar surface area (TPSA) is 78.9 Å². The Balaban J connectivity index is 1.70. The van der Waals surface area contributed by atoms with Crippen LogP contribution in [-0.4, -0.2) is 36.2 Å². The average molecular weight is 489 g/mol. The van der Waals surface area contributed by atoms with Gasteiger partial charge in [-0.1, -0.05) is 45.9 Å². The molecule has 2 aliphatic carbocycles. The summed E-state index contributed by atoms with van der Waals surface area (Å²) in [5.41, 5.74) is 0.648. The predicted molar refractivity (Wildman–Crippen MR) is 134 cm³/mol. The Morgan fingerprint density at radius 2 is 1.86 bits per heavy atom. The van der Waals surface area contributed by atoms with E-state index in [1.165, 1.54) is 5.57 Å². The molecule has 35 heavy (non-hydrogen) atoms. The van der Waals surface area contributed by atoms with Crippen molar-refractivity contribution in [3.8, 4) is 0 Å². The van der Waals surface area contributed by atoms with Crippen LogP contribution in [0.25, 0.3) is 0 Å². The summed E-state index contributed by atoms with van der Waals surface area (Å²) in [5.74, 6) is 0.283. The van der Waals surface area contributed by atoms with Gasteiger partial charge in [-0.15, -0.1) is 0 Å². The first kappa shape index (κ1) is 27.5. The highest BCUT2D eigenvalue weighted by Gasteiger charge is 2.42. The molecule has 0 saturated carbocycles. The van der Waals surface area contributed by atoms with Crippen LogP contribution in [-0.2, 0) is 28.6 Å². The van der Waals surface area contributed by atoms with E-state index in [-0.39, 0.29) is 54.3 Å². The summed E-state index contributed by atoms with van der Waals surface area (Å²) in [6, 6.07) is 0. The minimum Gasteiger partial charge on any atom is -0.462 e. The molecule has 1 heterocycles. The zero-order chi connectivity index (χ0) is 25.9. The first-order chi connectivity index (χ1) is 16.4. The van der Waals surface area contributed by atoms with Crippen LogP contribution >= 0.6 is 0 Å². The normalized spacial score (nSPS) is 33.7. The van der Waals surface area contributed by atoms with Gasteiger partial charge in [0.15, 0.2) is 0 Å². The van der Waals surface area contributed by atoms with Gasteiger partial charge in [-0.3, -0.25) is 14.4 Å². The highest BCUT2D eigenvalue weighted by Crippen LogP contribution is 2.45. The van der Waals surface area contributed by atoms with E-state index < -0.39 is 11.5 Å². The van der Waals surface area contributed by atoms with Gasteiger partial charge < -0.3 is 14.2 Å². The van der Waals surface area contributed by atoms with Crippen molar-refractivity contribution in [1.29, 1.82) is 0 Å². The predicted octanol–water partition coefficient (Wildman–Crippen LogP) is 5.79.